The van der Waals surface area contributed by atoms with E-state index in [1.807, 2.05) is 6.92 Å². The van der Waals surface area contributed by atoms with Crippen molar-refractivity contribution in [3.05, 3.63) is 0 Å². The lowest BCUT2D eigenvalue weighted by molar-refractivity contribution is -0.129. The van der Waals surface area contributed by atoms with E-state index in [0.29, 0.717) is 26.2 Å². The fraction of sp³-hybridized carbons (Fsp3) is 0.900. The fourth-order valence-corrected chi connectivity index (χ4v) is 1.81. The van der Waals surface area contributed by atoms with Crippen LogP contribution in [0.4, 0.5) is 0 Å². The van der Waals surface area contributed by atoms with Gasteiger partial charge < -0.3 is 19.7 Å². The predicted molar refractivity (Wildman–Crippen MR) is 56.7 cm³/mol. The summed E-state index contributed by atoms with van der Waals surface area (Å²) in [6, 6.07) is 0. The molecule has 1 fully saturated rings. The highest BCUT2D eigenvalue weighted by molar-refractivity contribution is 5.78. The third-order valence-electron chi connectivity index (χ3n) is 2.58. The van der Waals surface area contributed by atoms with Crippen molar-refractivity contribution in [1.82, 2.24) is 10.2 Å². The maximum atomic E-state index is 11.6. The van der Waals surface area contributed by atoms with E-state index in [1.165, 1.54) is 0 Å². The van der Waals surface area contributed by atoms with Crippen LogP contribution >= 0.6 is 0 Å². The van der Waals surface area contributed by atoms with Gasteiger partial charge in [0, 0.05) is 26.8 Å². The molecule has 0 spiro atoms. The van der Waals surface area contributed by atoms with E-state index >= 15 is 0 Å². The Kier molecular flexibility index (Phi) is 5.01. The summed E-state index contributed by atoms with van der Waals surface area (Å²) >= 11 is 0. The van der Waals surface area contributed by atoms with Crippen LogP contribution in [0.3, 0.4) is 0 Å². The average Bonchev–Trinajstić information content (AvgIpc) is 2.62. The van der Waals surface area contributed by atoms with Gasteiger partial charge in [-0.3, -0.25) is 4.79 Å². The average molecular weight is 216 g/mol. The van der Waals surface area contributed by atoms with Crippen molar-refractivity contribution in [2.45, 2.75) is 19.1 Å². The molecule has 1 aliphatic rings. The maximum Gasteiger partial charge on any atom is 0.236 e. The first-order chi connectivity index (χ1) is 7.22. The Hall–Kier alpha value is -0.650. The Morgan fingerprint density at radius 3 is 2.67 bits per heavy atom. The first kappa shape index (κ1) is 12.4. The monoisotopic (exact) mass is 216 g/mol. The predicted octanol–water partition coefficient (Wildman–Crippen LogP) is -0.532. The molecule has 15 heavy (non-hydrogen) atoms. The van der Waals surface area contributed by atoms with E-state index in [4.69, 9.17) is 9.47 Å². The van der Waals surface area contributed by atoms with Crippen molar-refractivity contribution >= 4 is 5.91 Å². The minimum absolute atomic E-state index is 0.00533. The molecule has 0 aromatic rings. The summed E-state index contributed by atoms with van der Waals surface area (Å²) in [7, 11) is 3.42. The van der Waals surface area contributed by atoms with Gasteiger partial charge in [-0.15, -0.1) is 0 Å². The number of nitrogens with one attached hydrogen (secondary N) is 1. The Balaban J connectivity index is 2.48. The lowest BCUT2D eigenvalue weighted by Gasteiger charge is -2.15. The molecule has 0 saturated carbocycles. The van der Waals surface area contributed by atoms with Crippen molar-refractivity contribution in [2.24, 2.45) is 0 Å². The summed E-state index contributed by atoms with van der Waals surface area (Å²) in [6.45, 7) is 4.23. The summed E-state index contributed by atoms with van der Waals surface area (Å²) < 4.78 is 10.8. The van der Waals surface area contributed by atoms with E-state index in [9.17, 15) is 4.79 Å². The number of carbonyl (C=O) groups excluding carboxylic acids is 1. The van der Waals surface area contributed by atoms with E-state index in [0.717, 1.165) is 0 Å². The first-order valence-electron chi connectivity index (χ1n) is 5.29. The van der Waals surface area contributed by atoms with Gasteiger partial charge in [0.05, 0.1) is 6.54 Å². The van der Waals surface area contributed by atoms with Crippen LogP contribution in [0.2, 0.25) is 0 Å². The van der Waals surface area contributed by atoms with Crippen LogP contribution in [0.1, 0.15) is 6.92 Å². The Labute approximate surface area is 90.7 Å². The second-order valence-corrected chi connectivity index (χ2v) is 3.60. The highest BCUT2D eigenvalue weighted by Crippen LogP contribution is 2.16. The molecule has 0 radical (unpaired) electrons. The van der Waals surface area contributed by atoms with E-state index in [-0.39, 0.29) is 18.1 Å². The number of hydrogen-bond acceptors (Lipinski definition) is 4. The van der Waals surface area contributed by atoms with Crippen LogP contribution in [0, 0.1) is 0 Å². The molecule has 1 heterocycles. The molecule has 5 heteroatoms. The molecule has 2 atom stereocenters. The second-order valence-electron chi connectivity index (χ2n) is 3.60. The van der Waals surface area contributed by atoms with Crippen molar-refractivity contribution in [1.29, 1.82) is 0 Å². The van der Waals surface area contributed by atoms with Gasteiger partial charge in [0.1, 0.15) is 12.2 Å². The molecule has 1 aliphatic heterocycles. The summed E-state index contributed by atoms with van der Waals surface area (Å²) in [5.41, 5.74) is 0. The highest BCUT2D eigenvalue weighted by atomic mass is 16.5. The number of likely N-dealkylation sites (N-methyl/N-ethyl adjacent to an activating group) is 1. The molecular weight excluding hydrogens is 196 g/mol. The summed E-state index contributed by atoms with van der Waals surface area (Å²) in [4.78, 5) is 13.4. The minimum Gasteiger partial charge on any atom is -0.377 e. The van der Waals surface area contributed by atoms with E-state index in [2.05, 4.69) is 5.32 Å². The molecule has 0 bridgehead atoms. The van der Waals surface area contributed by atoms with Gasteiger partial charge in [-0.1, -0.05) is 0 Å². The molecule has 88 valence electrons. The summed E-state index contributed by atoms with van der Waals surface area (Å²) in [5.74, 6) is 0.0988. The number of carbonyl (C=O) groups is 1. The zero-order valence-electron chi connectivity index (χ0n) is 9.66. The van der Waals surface area contributed by atoms with Gasteiger partial charge in [0.25, 0.3) is 0 Å². The highest BCUT2D eigenvalue weighted by Gasteiger charge is 2.35. The van der Waals surface area contributed by atoms with Crippen LogP contribution in [0.15, 0.2) is 0 Å². The molecule has 1 saturated heterocycles. The number of methoxy groups -OCH3 is 1. The SMILES string of the molecule is CCO[C@@H]1CN(C(=O)CNC)C[C@@H]1OC. The van der Waals surface area contributed by atoms with Crippen LogP contribution in [0.5, 0.6) is 0 Å². The number of likely N-dealkylation sites (tertiary alicyclic amines) is 1. The van der Waals surface area contributed by atoms with Crippen molar-refractivity contribution in [2.75, 3.05) is 40.4 Å². The van der Waals surface area contributed by atoms with Crippen LogP contribution < -0.4 is 5.32 Å². The molecule has 1 rings (SSSR count). The molecular formula is C10H20N2O3. The van der Waals surface area contributed by atoms with Crippen LogP contribution in [-0.4, -0.2) is 63.4 Å². The van der Waals surface area contributed by atoms with Crippen LogP contribution in [-0.2, 0) is 14.3 Å². The van der Waals surface area contributed by atoms with Crippen molar-refractivity contribution < 1.29 is 14.3 Å². The number of nitrogens with zero attached hydrogens (tertiary/aromatic N) is 1. The molecule has 5 nitrogen and oxygen atoms in total. The quantitative estimate of drug-likeness (QED) is 0.671. The fourth-order valence-electron chi connectivity index (χ4n) is 1.81. The minimum atomic E-state index is 0.00533. The molecule has 1 N–H and O–H groups in total. The maximum absolute atomic E-state index is 11.6. The van der Waals surface area contributed by atoms with E-state index < -0.39 is 0 Å². The normalized spacial score (nSPS) is 25.9. The zero-order valence-corrected chi connectivity index (χ0v) is 9.66. The van der Waals surface area contributed by atoms with Gasteiger partial charge in [-0.05, 0) is 14.0 Å². The van der Waals surface area contributed by atoms with Crippen LogP contribution in [0.25, 0.3) is 0 Å². The Morgan fingerprint density at radius 1 is 1.47 bits per heavy atom. The van der Waals surface area contributed by atoms with Crippen molar-refractivity contribution in [3.8, 4) is 0 Å². The van der Waals surface area contributed by atoms with Gasteiger partial charge in [0.15, 0.2) is 0 Å². The van der Waals surface area contributed by atoms with Crippen molar-refractivity contribution in [3.63, 3.8) is 0 Å². The topological polar surface area (TPSA) is 50.8 Å². The van der Waals surface area contributed by atoms with Gasteiger partial charge >= 0.3 is 0 Å². The van der Waals surface area contributed by atoms with Gasteiger partial charge in [-0.25, -0.2) is 0 Å². The molecule has 0 unspecified atom stereocenters. The van der Waals surface area contributed by atoms with Gasteiger partial charge in [0.2, 0.25) is 5.91 Å². The van der Waals surface area contributed by atoms with Gasteiger partial charge in [-0.2, -0.15) is 0 Å². The Morgan fingerprint density at radius 2 is 2.13 bits per heavy atom. The third-order valence-corrected chi connectivity index (χ3v) is 2.58. The number of hydrogen-bond donors (Lipinski definition) is 1. The zero-order chi connectivity index (χ0) is 11.3. The largest absolute Gasteiger partial charge is 0.377 e. The molecule has 0 aromatic heterocycles. The molecule has 1 amide bonds. The number of rotatable bonds is 5. The summed E-state index contributed by atoms with van der Waals surface area (Å²) in [6.07, 6.45) is 0.0200. The Bertz CT molecular complexity index is 211. The number of ether oxygens (including phenoxy) is 2. The molecule has 0 aromatic carbocycles. The molecule has 0 aliphatic carbocycles. The lowest BCUT2D eigenvalue weighted by atomic mass is 10.2. The first-order valence-corrected chi connectivity index (χ1v) is 5.29. The second kappa shape index (κ2) is 6.05. The standard InChI is InChI=1S/C10H20N2O3/c1-4-15-9-7-12(6-8(9)14-3)10(13)5-11-2/h8-9,11H,4-7H2,1-3H3/t8-,9+/m0/s1. The number of amides is 1. The van der Waals surface area contributed by atoms with E-state index in [1.54, 1.807) is 19.1 Å². The lowest BCUT2D eigenvalue weighted by Crippen LogP contribution is -2.36. The smallest absolute Gasteiger partial charge is 0.236 e. The summed E-state index contributed by atoms with van der Waals surface area (Å²) in [5, 5.41) is 2.85. The third kappa shape index (κ3) is 3.15.